The van der Waals surface area contributed by atoms with E-state index >= 15 is 0 Å². The molecule has 0 fully saturated rings. The van der Waals surface area contributed by atoms with Crippen LogP contribution in [-0.2, 0) is 0 Å². The number of hydrogen-bond donors (Lipinski definition) is 0. The third kappa shape index (κ3) is 3.50. The number of para-hydroxylation sites is 1. The summed E-state index contributed by atoms with van der Waals surface area (Å²) in [6.07, 6.45) is 0. The zero-order valence-corrected chi connectivity index (χ0v) is 15.2. The fourth-order valence-corrected chi connectivity index (χ4v) is 3.85. The molecule has 27 heavy (non-hydrogen) atoms. The van der Waals surface area contributed by atoms with E-state index in [-0.39, 0.29) is 18.2 Å². The van der Waals surface area contributed by atoms with E-state index < -0.39 is 0 Å². The van der Waals surface area contributed by atoms with Crippen molar-refractivity contribution in [2.45, 2.75) is 0 Å². The number of thiazole rings is 1. The van der Waals surface area contributed by atoms with Gasteiger partial charge < -0.3 is 0 Å². The number of Topliss-reactive ketones (excluding diaryl/α,β-unsaturated/α-hetero) is 1. The summed E-state index contributed by atoms with van der Waals surface area (Å²) in [5.41, 5.74) is 1.99. The zero-order valence-electron chi connectivity index (χ0n) is 14.4. The van der Waals surface area contributed by atoms with Crippen LogP contribution in [0, 0.1) is 0 Å². The molecule has 0 N–H and O–H groups in total. The third-order valence-corrected chi connectivity index (χ3v) is 5.24. The average Bonchev–Trinajstić information content (AvgIpc) is 3.11. The molecular formula is C22H16N2O2S. The van der Waals surface area contributed by atoms with Crippen molar-refractivity contribution in [3.8, 4) is 0 Å². The lowest BCUT2D eigenvalue weighted by atomic mass is 10.1. The van der Waals surface area contributed by atoms with Gasteiger partial charge in [-0.3, -0.25) is 19.1 Å². The Morgan fingerprint density at radius 3 is 2.07 bits per heavy atom. The molecule has 4 rings (SSSR count). The maximum absolute atomic E-state index is 13.1. The van der Waals surface area contributed by atoms with Crippen LogP contribution in [-0.4, -0.2) is 22.8 Å². The minimum atomic E-state index is -0.154. The smallest absolute Gasteiger partial charge is 0.264 e. The molecule has 5 heteroatoms. The van der Waals surface area contributed by atoms with Crippen molar-refractivity contribution in [2.75, 3.05) is 6.54 Å². The van der Waals surface area contributed by atoms with E-state index in [4.69, 9.17) is 0 Å². The number of fused-ring (bicyclic) bond motifs is 1. The normalized spacial score (nSPS) is 11.6. The van der Waals surface area contributed by atoms with Crippen molar-refractivity contribution in [3.63, 3.8) is 0 Å². The van der Waals surface area contributed by atoms with Gasteiger partial charge in [0.2, 0.25) is 0 Å². The van der Waals surface area contributed by atoms with E-state index in [1.807, 2.05) is 60.7 Å². The summed E-state index contributed by atoms with van der Waals surface area (Å²) in [7, 11) is 0. The van der Waals surface area contributed by atoms with Crippen LogP contribution in [0.15, 0.2) is 89.9 Å². The van der Waals surface area contributed by atoms with Crippen LogP contribution in [0.3, 0.4) is 0 Å². The number of hydrogen-bond acceptors (Lipinski definition) is 4. The maximum atomic E-state index is 13.1. The van der Waals surface area contributed by atoms with E-state index in [9.17, 15) is 9.59 Å². The SMILES string of the molecule is O=C(CN=c1sc2ccccc2n1C(=O)c1ccccc1)c1ccccc1. The predicted molar refractivity (Wildman–Crippen MR) is 107 cm³/mol. The van der Waals surface area contributed by atoms with Crippen LogP contribution in [0.4, 0.5) is 0 Å². The molecule has 4 aromatic rings. The number of benzene rings is 3. The number of rotatable bonds is 4. The Morgan fingerprint density at radius 1 is 0.778 bits per heavy atom. The van der Waals surface area contributed by atoms with Gasteiger partial charge in [-0.05, 0) is 24.3 Å². The highest BCUT2D eigenvalue weighted by molar-refractivity contribution is 7.16. The summed E-state index contributed by atoms with van der Waals surface area (Å²) in [6.45, 7) is -0.00109. The summed E-state index contributed by atoms with van der Waals surface area (Å²) in [5.74, 6) is -0.231. The van der Waals surface area contributed by atoms with Crippen molar-refractivity contribution >= 4 is 33.2 Å². The van der Waals surface area contributed by atoms with Gasteiger partial charge in [0.05, 0.1) is 10.2 Å². The number of carbonyl (C=O) groups is 2. The van der Waals surface area contributed by atoms with Gasteiger partial charge in [0.15, 0.2) is 10.6 Å². The second-order valence-corrected chi connectivity index (χ2v) is 6.97. The van der Waals surface area contributed by atoms with Crippen LogP contribution in [0.5, 0.6) is 0 Å². The zero-order chi connectivity index (χ0) is 18.6. The topological polar surface area (TPSA) is 51.4 Å². The van der Waals surface area contributed by atoms with Crippen molar-refractivity contribution in [1.82, 2.24) is 4.57 Å². The first-order valence-corrected chi connectivity index (χ1v) is 9.35. The molecule has 0 radical (unpaired) electrons. The minimum absolute atomic E-state index is 0.00109. The Morgan fingerprint density at radius 2 is 1.37 bits per heavy atom. The van der Waals surface area contributed by atoms with Crippen LogP contribution in [0.1, 0.15) is 20.7 Å². The average molecular weight is 372 g/mol. The van der Waals surface area contributed by atoms with Gasteiger partial charge in [0.25, 0.3) is 5.91 Å². The quantitative estimate of drug-likeness (QED) is 0.505. The molecular weight excluding hydrogens is 356 g/mol. The van der Waals surface area contributed by atoms with Crippen LogP contribution >= 0.6 is 11.3 Å². The highest BCUT2D eigenvalue weighted by atomic mass is 32.1. The maximum Gasteiger partial charge on any atom is 0.264 e. The third-order valence-electron chi connectivity index (χ3n) is 4.18. The molecule has 0 aliphatic heterocycles. The van der Waals surface area contributed by atoms with Crippen molar-refractivity contribution < 1.29 is 9.59 Å². The minimum Gasteiger partial charge on any atom is -0.292 e. The molecule has 0 saturated carbocycles. The van der Waals surface area contributed by atoms with Crippen LogP contribution < -0.4 is 4.80 Å². The lowest BCUT2D eigenvalue weighted by Crippen LogP contribution is -2.24. The fourth-order valence-electron chi connectivity index (χ4n) is 2.84. The molecule has 0 unspecified atom stereocenters. The first-order valence-electron chi connectivity index (χ1n) is 8.53. The Labute approximate surface area is 160 Å². The highest BCUT2D eigenvalue weighted by Gasteiger charge is 2.15. The lowest BCUT2D eigenvalue weighted by Gasteiger charge is -2.04. The largest absolute Gasteiger partial charge is 0.292 e. The van der Waals surface area contributed by atoms with Crippen LogP contribution in [0.2, 0.25) is 0 Å². The molecule has 0 saturated heterocycles. The van der Waals surface area contributed by atoms with Crippen molar-refractivity contribution in [1.29, 1.82) is 0 Å². The molecule has 0 bridgehead atoms. The fraction of sp³-hybridized carbons (Fsp3) is 0.0455. The molecule has 0 amide bonds. The summed E-state index contributed by atoms with van der Waals surface area (Å²) >= 11 is 1.41. The molecule has 0 aliphatic rings. The van der Waals surface area contributed by atoms with Crippen molar-refractivity contribution in [2.24, 2.45) is 4.99 Å². The first-order chi connectivity index (χ1) is 13.2. The molecule has 1 aromatic heterocycles. The Bertz CT molecular complexity index is 1180. The van der Waals surface area contributed by atoms with E-state index in [0.29, 0.717) is 15.9 Å². The number of ketones is 1. The summed E-state index contributed by atoms with van der Waals surface area (Å²) in [5, 5.41) is 0. The van der Waals surface area contributed by atoms with Crippen molar-refractivity contribution in [3.05, 3.63) is 101 Å². The summed E-state index contributed by atoms with van der Waals surface area (Å²) in [4.78, 5) is 30.5. The van der Waals surface area contributed by atoms with E-state index in [0.717, 1.165) is 10.2 Å². The molecule has 0 aliphatic carbocycles. The summed E-state index contributed by atoms with van der Waals surface area (Å²) in [6, 6.07) is 25.8. The number of carbonyl (C=O) groups excluding carboxylic acids is 2. The van der Waals surface area contributed by atoms with Gasteiger partial charge in [-0.1, -0.05) is 72.0 Å². The lowest BCUT2D eigenvalue weighted by molar-refractivity contribution is 0.0956. The Balaban J connectivity index is 1.79. The van der Waals surface area contributed by atoms with Gasteiger partial charge in [-0.2, -0.15) is 0 Å². The molecule has 132 valence electrons. The molecule has 1 heterocycles. The second-order valence-electron chi connectivity index (χ2n) is 5.96. The molecule has 0 atom stereocenters. The monoisotopic (exact) mass is 372 g/mol. The van der Waals surface area contributed by atoms with E-state index in [1.165, 1.54) is 11.3 Å². The standard InChI is InChI=1S/C22H16N2O2S/c25-19(16-9-3-1-4-10-16)15-23-22-24(18-13-7-8-14-20(18)27-22)21(26)17-11-5-2-6-12-17/h1-14H,15H2. The van der Waals surface area contributed by atoms with Gasteiger partial charge in [0.1, 0.15) is 6.54 Å². The summed E-state index contributed by atoms with van der Waals surface area (Å²) < 4.78 is 2.54. The van der Waals surface area contributed by atoms with Crippen LogP contribution in [0.25, 0.3) is 10.2 Å². The number of aromatic nitrogens is 1. The Kier molecular flexibility index (Phi) is 4.77. The van der Waals surface area contributed by atoms with Gasteiger partial charge >= 0.3 is 0 Å². The molecule has 3 aromatic carbocycles. The highest BCUT2D eigenvalue weighted by Crippen LogP contribution is 2.18. The molecule has 0 spiro atoms. The molecule has 4 nitrogen and oxygen atoms in total. The first kappa shape index (κ1) is 17.1. The van der Waals surface area contributed by atoms with Gasteiger partial charge in [-0.25, -0.2) is 0 Å². The van der Waals surface area contributed by atoms with Gasteiger partial charge in [0, 0.05) is 11.1 Å². The van der Waals surface area contributed by atoms with E-state index in [2.05, 4.69) is 4.99 Å². The second kappa shape index (κ2) is 7.51. The van der Waals surface area contributed by atoms with Gasteiger partial charge in [-0.15, -0.1) is 0 Å². The number of nitrogens with zero attached hydrogens (tertiary/aromatic N) is 2. The Hall–Kier alpha value is -3.31. The predicted octanol–water partition coefficient (Wildman–Crippen LogP) is 4.17. The van der Waals surface area contributed by atoms with E-state index in [1.54, 1.807) is 28.8 Å².